The molecule has 1 aromatic carbocycles. The monoisotopic (exact) mass is 503 g/mol. The number of phenols is 1. The van der Waals surface area contributed by atoms with Gasteiger partial charge in [0, 0.05) is 17.5 Å². The molecule has 2 N–H and O–H groups in total. The highest BCUT2D eigenvalue weighted by atomic mass is 35.5. The van der Waals surface area contributed by atoms with Crippen molar-refractivity contribution in [3.63, 3.8) is 0 Å². The first-order valence-corrected chi connectivity index (χ1v) is 13.4. The number of halogens is 1. The highest BCUT2D eigenvalue weighted by molar-refractivity contribution is 7.15. The molecule has 0 bridgehead atoms. The largest absolute Gasteiger partial charge is 0.506 e. The van der Waals surface area contributed by atoms with Gasteiger partial charge < -0.3 is 15.3 Å². The lowest BCUT2D eigenvalue weighted by atomic mass is 9.65. The van der Waals surface area contributed by atoms with Crippen molar-refractivity contribution in [2.45, 2.75) is 71.1 Å². The number of carbonyl (C=O) groups is 1. The van der Waals surface area contributed by atoms with Gasteiger partial charge in [-0.3, -0.25) is 4.79 Å². The van der Waals surface area contributed by atoms with Gasteiger partial charge in [0.1, 0.15) is 12.9 Å². The molecule has 4 atom stereocenters. The van der Waals surface area contributed by atoms with Gasteiger partial charge in [-0.2, -0.15) is 0 Å². The van der Waals surface area contributed by atoms with Gasteiger partial charge in [-0.1, -0.05) is 23.7 Å². The van der Waals surface area contributed by atoms with Crippen LogP contribution in [0.15, 0.2) is 23.5 Å². The Labute approximate surface area is 210 Å². The summed E-state index contributed by atoms with van der Waals surface area (Å²) in [6, 6.07) is 3.83. The molecule has 0 spiro atoms. The van der Waals surface area contributed by atoms with Crippen LogP contribution in [0.5, 0.6) is 5.75 Å². The Morgan fingerprint density at radius 1 is 1.35 bits per heavy atom. The number of aromatic nitrogens is 1. The van der Waals surface area contributed by atoms with E-state index in [-0.39, 0.29) is 11.7 Å². The molecule has 4 rings (SSSR count). The summed E-state index contributed by atoms with van der Waals surface area (Å²) in [6.07, 6.45) is 8.90. The number of anilines is 1. The van der Waals surface area contributed by atoms with E-state index >= 15 is 0 Å². The van der Waals surface area contributed by atoms with Crippen molar-refractivity contribution in [1.82, 2.24) is 4.98 Å². The number of amides is 1. The molecule has 184 valence electrons. The molecule has 0 saturated heterocycles. The first-order valence-electron chi connectivity index (χ1n) is 12.2. The number of benzene rings is 1. The number of oxime groups is 1. The van der Waals surface area contributed by atoms with E-state index in [0.29, 0.717) is 40.2 Å². The zero-order valence-electron chi connectivity index (χ0n) is 20.1. The molecular formula is C26H34ClN3O3S. The van der Waals surface area contributed by atoms with Gasteiger partial charge in [0.05, 0.1) is 10.7 Å². The lowest BCUT2D eigenvalue weighted by Crippen LogP contribution is -2.31. The van der Waals surface area contributed by atoms with Gasteiger partial charge in [0.25, 0.3) is 0 Å². The van der Waals surface area contributed by atoms with E-state index in [1.54, 1.807) is 13.3 Å². The van der Waals surface area contributed by atoms with Crippen LogP contribution in [0.2, 0.25) is 5.02 Å². The Hall–Kier alpha value is -2.12. The van der Waals surface area contributed by atoms with Crippen molar-refractivity contribution in [1.29, 1.82) is 0 Å². The van der Waals surface area contributed by atoms with Crippen molar-refractivity contribution in [3.8, 4) is 5.75 Å². The predicted molar refractivity (Wildman–Crippen MR) is 138 cm³/mol. The minimum absolute atomic E-state index is 0.0134. The normalized spacial score (nSPS) is 26.1. The lowest BCUT2D eigenvalue weighted by Gasteiger charge is -2.40. The van der Waals surface area contributed by atoms with Crippen LogP contribution in [0.25, 0.3) is 0 Å². The number of hydrogen-bond donors (Lipinski definition) is 2. The predicted octanol–water partition coefficient (Wildman–Crippen LogP) is 6.70. The van der Waals surface area contributed by atoms with E-state index < -0.39 is 0 Å². The summed E-state index contributed by atoms with van der Waals surface area (Å²) >= 11 is 7.83. The fourth-order valence-corrected chi connectivity index (χ4v) is 6.74. The van der Waals surface area contributed by atoms with Gasteiger partial charge in [0.2, 0.25) is 5.91 Å². The van der Waals surface area contributed by atoms with E-state index in [2.05, 4.69) is 22.4 Å². The molecule has 1 amide bonds. The van der Waals surface area contributed by atoms with E-state index in [0.717, 1.165) is 55.5 Å². The first-order chi connectivity index (χ1) is 16.4. The Morgan fingerprint density at radius 3 is 2.91 bits per heavy atom. The molecular weight excluding hydrogens is 470 g/mol. The number of phenolic OH excluding ortho intramolecular Hbond substituents is 1. The number of hydrogen-bond acceptors (Lipinski definition) is 6. The van der Waals surface area contributed by atoms with E-state index in [4.69, 9.17) is 16.4 Å². The summed E-state index contributed by atoms with van der Waals surface area (Å²) in [7, 11) is 1.60. The number of thiazole rings is 1. The average molecular weight is 504 g/mol. The van der Waals surface area contributed by atoms with E-state index in [1.807, 2.05) is 19.1 Å². The summed E-state index contributed by atoms with van der Waals surface area (Å²) in [5.41, 5.74) is 3.58. The minimum Gasteiger partial charge on any atom is -0.506 e. The van der Waals surface area contributed by atoms with Crippen LogP contribution in [0.3, 0.4) is 0 Å². The van der Waals surface area contributed by atoms with Crippen LogP contribution in [0, 0.1) is 24.7 Å². The van der Waals surface area contributed by atoms with Crippen molar-refractivity contribution >= 4 is 39.7 Å². The maximum absolute atomic E-state index is 12.7. The SMILES string of the molecule is CON=C1CCCC2c3cc(Cl)c(O)cc3CCC2C(C)C(CCC(=O)Nc2ncc(C)s2)C1. The number of carbonyl (C=O) groups excluding carboxylic acids is 1. The highest BCUT2D eigenvalue weighted by Gasteiger charge is 2.38. The van der Waals surface area contributed by atoms with Crippen LogP contribution in [-0.2, 0) is 16.1 Å². The summed E-state index contributed by atoms with van der Waals surface area (Å²) in [6.45, 7) is 4.32. The number of rotatable bonds is 5. The number of aryl methyl sites for hydroxylation is 2. The minimum atomic E-state index is 0.0134. The molecule has 34 heavy (non-hydrogen) atoms. The molecule has 0 aliphatic heterocycles. The molecule has 4 unspecified atom stereocenters. The maximum atomic E-state index is 12.7. The van der Waals surface area contributed by atoms with Crippen molar-refractivity contribution in [3.05, 3.63) is 39.4 Å². The summed E-state index contributed by atoms with van der Waals surface area (Å²) in [5.74, 6) is 1.83. The second-order valence-electron chi connectivity index (χ2n) is 9.73. The van der Waals surface area contributed by atoms with Gasteiger partial charge in [-0.25, -0.2) is 4.98 Å². The Bertz CT molecular complexity index is 1050. The zero-order chi connectivity index (χ0) is 24.2. The third-order valence-electron chi connectivity index (χ3n) is 7.60. The molecule has 1 fully saturated rings. The van der Waals surface area contributed by atoms with Crippen LogP contribution in [-0.4, -0.2) is 28.8 Å². The highest BCUT2D eigenvalue weighted by Crippen LogP contribution is 2.49. The van der Waals surface area contributed by atoms with Crippen molar-refractivity contribution in [2.24, 2.45) is 22.9 Å². The number of nitrogens with one attached hydrogen (secondary N) is 1. The zero-order valence-corrected chi connectivity index (χ0v) is 21.7. The number of fused-ring (bicyclic) bond motifs is 3. The smallest absolute Gasteiger partial charge is 0.226 e. The Kier molecular flexibility index (Phi) is 8.14. The van der Waals surface area contributed by atoms with E-state index in [9.17, 15) is 9.90 Å². The van der Waals surface area contributed by atoms with Crippen LogP contribution in [0.4, 0.5) is 5.13 Å². The molecule has 8 heteroatoms. The summed E-state index contributed by atoms with van der Waals surface area (Å²) < 4.78 is 0. The number of nitrogens with zero attached hydrogens (tertiary/aromatic N) is 2. The summed E-state index contributed by atoms with van der Waals surface area (Å²) in [5, 5.41) is 18.5. The molecule has 6 nitrogen and oxygen atoms in total. The molecule has 2 aliphatic carbocycles. The fraction of sp³-hybridized carbons (Fsp3) is 0.577. The Morgan fingerprint density at radius 2 is 2.18 bits per heavy atom. The third kappa shape index (κ3) is 5.74. The topological polar surface area (TPSA) is 83.8 Å². The molecule has 0 radical (unpaired) electrons. The Balaban J connectivity index is 1.54. The first kappa shape index (κ1) is 25.0. The molecule has 2 aliphatic rings. The quantitative estimate of drug-likeness (QED) is 0.444. The lowest BCUT2D eigenvalue weighted by molar-refractivity contribution is -0.116. The van der Waals surface area contributed by atoms with Crippen LogP contribution in [0.1, 0.15) is 73.8 Å². The average Bonchev–Trinajstić information content (AvgIpc) is 3.22. The van der Waals surface area contributed by atoms with Crippen molar-refractivity contribution in [2.75, 3.05) is 12.4 Å². The third-order valence-corrected chi connectivity index (χ3v) is 8.73. The molecule has 2 aromatic rings. The fourth-order valence-electron chi connectivity index (χ4n) is 5.89. The molecule has 1 aromatic heterocycles. The van der Waals surface area contributed by atoms with Crippen LogP contribution >= 0.6 is 22.9 Å². The standard InChI is InChI=1S/C26H34ClN3O3S/c1-15-14-28-26(34-15)29-25(32)10-8-17-11-19(30-33-3)5-4-6-21-20(16(17)2)9-7-18-12-24(31)23(27)13-22(18)21/h12-14,16-17,20-21,31H,4-11H2,1-3H3,(H,28,29,32). The second-order valence-corrected chi connectivity index (χ2v) is 11.4. The van der Waals surface area contributed by atoms with Gasteiger partial charge in [-0.05, 0) is 98.8 Å². The number of aromatic hydroxyl groups is 1. The van der Waals surface area contributed by atoms with E-state index in [1.165, 1.54) is 22.5 Å². The van der Waals surface area contributed by atoms with Crippen LogP contribution < -0.4 is 5.32 Å². The second kappa shape index (κ2) is 11.1. The van der Waals surface area contributed by atoms with Gasteiger partial charge >= 0.3 is 0 Å². The molecule has 1 heterocycles. The summed E-state index contributed by atoms with van der Waals surface area (Å²) in [4.78, 5) is 23.2. The van der Waals surface area contributed by atoms with Gasteiger partial charge in [0.15, 0.2) is 5.13 Å². The van der Waals surface area contributed by atoms with Gasteiger partial charge in [-0.15, -0.1) is 11.3 Å². The van der Waals surface area contributed by atoms with Crippen molar-refractivity contribution < 1.29 is 14.7 Å². The molecule has 1 saturated carbocycles. The maximum Gasteiger partial charge on any atom is 0.226 e.